The zero-order chi connectivity index (χ0) is 24.7. The number of primary amides is 1. The molecule has 2 aliphatic heterocycles. The molecule has 182 valence electrons. The summed E-state index contributed by atoms with van der Waals surface area (Å²) < 4.78 is 20.8. The fourth-order valence-electron chi connectivity index (χ4n) is 4.83. The van der Waals surface area contributed by atoms with Gasteiger partial charge in [0, 0.05) is 42.5 Å². The highest BCUT2D eigenvalue weighted by Gasteiger charge is 2.35. The number of benzene rings is 2. The van der Waals surface area contributed by atoms with Crippen LogP contribution in [0.4, 0.5) is 15.8 Å². The van der Waals surface area contributed by atoms with Crippen LogP contribution in [-0.4, -0.2) is 46.9 Å². The lowest BCUT2D eigenvalue weighted by Crippen LogP contribution is -2.37. The molecule has 1 saturated heterocycles. The molecular formula is C25H26FN5O4. The fraction of sp³-hybridized carbons (Fsp3) is 0.320. The van der Waals surface area contributed by atoms with Crippen molar-refractivity contribution in [3.05, 3.63) is 65.2 Å². The Bertz CT molecular complexity index is 1290. The van der Waals surface area contributed by atoms with E-state index in [1.807, 2.05) is 24.3 Å². The van der Waals surface area contributed by atoms with Crippen LogP contribution in [0.1, 0.15) is 47.2 Å². The van der Waals surface area contributed by atoms with Crippen molar-refractivity contribution in [3.63, 3.8) is 0 Å². The van der Waals surface area contributed by atoms with Crippen LogP contribution in [0.25, 0.3) is 5.69 Å². The van der Waals surface area contributed by atoms with Crippen molar-refractivity contribution in [2.45, 2.75) is 31.9 Å². The molecule has 3 aromatic rings. The van der Waals surface area contributed by atoms with Gasteiger partial charge in [-0.3, -0.25) is 9.59 Å². The largest absolute Gasteiger partial charge is 0.494 e. The molecule has 0 radical (unpaired) electrons. The van der Waals surface area contributed by atoms with Crippen LogP contribution in [-0.2, 0) is 11.2 Å². The number of nitrogens with two attached hydrogens (primary N) is 1. The third-order valence-electron chi connectivity index (χ3n) is 6.60. The molecular weight excluding hydrogens is 453 g/mol. The van der Waals surface area contributed by atoms with E-state index in [1.54, 1.807) is 15.9 Å². The molecule has 0 spiro atoms. The molecule has 1 fully saturated rings. The van der Waals surface area contributed by atoms with Crippen molar-refractivity contribution in [2.75, 3.05) is 30.0 Å². The Morgan fingerprint density at radius 2 is 1.80 bits per heavy atom. The first-order chi connectivity index (χ1) is 16.9. The van der Waals surface area contributed by atoms with E-state index in [0.29, 0.717) is 42.9 Å². The van der Waals surface area contributed by atoms with Crippen molar-refractivity contribution in [3.8, 4) is 11.4 Å². The molecule has 2 aliphatic rings. The van der Waals surface area contributed by atoms with Crippen molar-refractivity contribution in [2.24, 2.45) is 5.73 Å². The Labute approximate surface area is 201 Å². The standard InChI is InChI=1S/C25H26FN5O4/c1-35-20-10-9-17(14-19(20)26)31-23-18(22(28-31)24(27)33)11-13-30(25(23)34)16-7-5-15(6-8-16)29-12-3-2-4-21(29)32/h5-10,14,25,34H,2-4,11-13H2,1H3,(H2,27,33). The predicted molar refractivity (Wildman–Crippen MR) is 127 cm³/mol. The number of hydrogen-bond donors (Lipinski definition) is 2. The molecule has 9 nitrogen and oxygen atoms in total. The van der Waals surface area contributed by atoms with Crippen molar-refractivity contribution in [1.82, 2.24) is 9.78 Å². The normalized spacial score (nSPS) is 17.9. The van der Waals surface area contributed by atoms with Gasteiger partial charge in [0.15, 0.2) is 23.5 Å². The zero-order valence-corrected chi connectivity index (χ0v) is 19.3. The van der Waals surface area contributed by atoms with E-state index in [9.17, 15) is 19.1 Å². The number of hydrogen-bond acceptors (Lipinski definition) is 6. The molecule has 0 aliphatic carbocycles. The quantitative estimate of drug-likeness (QED) is 0.582. The smallest absolute Gasteiger partial charge is 0.269 e. The second kappa shape index (κ2) is 9.03. The van der Waals surface area contributed by atoms with E-state index >= 15 is 0 Å². The summed E-state index contributed by atoms with van der Waals surface area (Å²) in [6.45, 7) is 1.11. The number of aliphatic hydroxyl groups excluding tert-OH is 1. The molecule has 1 aromatic heterocycles. The summed E-state index contributed by atoms with van der Waals surface area (Å²) in [6, 6.07) is 11.7. The van der Waals surface area contributed by atoms with Crippen LogP contribution < -0.4 is 20.3 Å². The maximum absolute atomic E-state index is 14.4. The zero-order valence-electron chi connectivity index (χ0n) is 19.3. The van der Waals surface area contributed by atoms with Crippen LogP contribution in [0.15, 0.2) is 42.5 Å². The second-order valence-corrected chi connectivity index (χ2v) is 8.64. The Balaban J connectivity index is 1.50. The molecule has 35 heavy (non-hydrogen) atoms. The predicted octanol–water partition coefficient (Wildman–Crippen LogP) is 2.69. The average Bonchev–Trinajstić information content (AvgIpc) is 3.26. The van der Waals surface area contributed by atoms with Gasteiger partial charge in [-0.1, -0.05) is 0 Å². The summed E-state index contributed by atoms with van der Waals surface area (Å²) >= 11 is 0. The highest BCUT2D eigenvalue weighted by molar-refractivity contribution is 5.94. The number of nitrogens with zero attached hydrogens (tertiary/aromatic N) is 4. The van der Waals surface area contributed by atoms with E-state index in [0.717, 1.165) is 24.2 Å². The SMILES string of the molecule is COc1ccc(-n2nc(C(N)=O)c3c2C(O)N(c2ccc(N4CCCCC4=O)cc2)CC3)cc1F. The number of amides is 2. The van der Waals surface area contributed by atoms with Gasteiger partial charge in [-0.15, -0.1) is 0 Å². The minimum atomic E-state index is -1.16. The van der Waals surface area contributed by atoms with Gasteiger partial charge in [-0.2, -0.15) is 5.10 Å². The third-order valence-corrected chi connectivity index (χ3v) is 6.60. The Kier molecular flexibility index (Phi) is 5.89. The van der Waals surface area contributed by atoms with E-state index < -0.39 is 18.0 Å². The number of piperidine rings is 1. The van der Waals surface area contributed by atoms with Crippen LogP contribution in [0.3, 0.4) is 0 Å². The summed E-state index contributed by atoms with van der Waals surface area (Å²) in [5.74, 6) is -1.13. The molecule has 0 bridgehead atoms. The summed E-state index contributed by atoms with van der Waals surface area (Å²) in [4.78, 5) is 27.9. The van der Waals surface area contributed by atoms with Gasteiger partial charge in [0.2, 0.25) is 5.91 Å². The molecule has 1 atom stereocenters. The van der Waals surface area contributed by atoms with Crippen LogP contribution in [0, 0.1) is 5.82 Å². The summed E-state index contributed by atoms with van der Waals surface area (Å²) in [5.41, 5.74) is 8.38. The fourth-order valence-corrected chi connectivity index (χ4v) is 4.83. The van der Waals surface area contributed by atoms with E-state index in [4.69, 9.17) is 10.5 Å². The maximum Gasteiger partial charge on any atom is 0.269 e. The second-order valence-electron chi connectivity index (χ2n) is 8.64. The lowest BCUT2D eigenvalue weighted by molar-refractivity contribution is -0.119. The lowest BCUT2D eigenvalue weighted by Gasteiger charge is -2.35. The number of carbonyl (C=O) groups excluding carboxylic acids is 2. The number of aliphatic hydroxyl groups is 1. The van der Waals surface area contributed by atoms with Crippen LogP contribution in [0.2, 0.25) is 0 Å². The van der Waals surface area contributed by atoms with Gasteiger partial charge in [0.1, 0.15) is 0 Å². The molecule has 2 aromatic carbocycles. The number of halogens is 1. The van der Waals surface area contributed by atoms with Gasteiger partial charge in [-0.25, -0.2) is 9.07 Å². The van der Waals surface area contributed by atoms with Crippen LogP contribution >= 0.6 is 0 Å². The summed E-state index contributed by atoms with van der Waals surface area (Å²) in [7, 11) is 1.37. The van der Waals surface area contributed by atoms with Gasteiger partial charge in [-0.05, 0) is 55.7 Å². The number of fused-ring (bicyclic) bond motifs is 1. The molecule has 2 amide bonds. The average molecular weight is 480 g/mol. The third kappa shape index (κ3) is 3.99. The number of ether oxygens (including phenoxy) is 1. The number of aromatic nitrogens is 2. The lowest BCUT2D eigenvalue weighted by atomic mass is 10.0. The Morgan fingerprint density at radius 1 is 1.09 bits per heavy atom. The first kappa shape index (κ1) is 22.9. The molecule has 3 N–H and O–H groups in total. The Morgan fingerprint density at radius 3 is 2.46 bits per heavy atom. The van der Waals surface area contributed by atoms with Crippen molar-refractivity contribution in [1.29, 1.82) is 0 Å². The first-order valence-corrected chi connectivity index (χ1v) is 11.5. The highest BCUT2D eigenvalue weighted by atomic mass is 19.1. The van der Waals surface area contributed by atoms with E-state index in [2.05, 4.69) is 5.10 Å². The molecule has 0 saturated carbocycles. The number of rotatable bonds is 5. The van der Waals surface area contributed by atoms with Gasteiger partial charge in [0.25, 0.3) is 5.91 Å². The number of anilines is 2. The van der Waals surface area contributed by atoms with E-state index in [-0.39, 0.29) is 17.4 Å². The summed E-state index contributed by atoms with van der Waals surface area (Å²) in [5, 5.41) is 15.7. The molecule has 1 unspecified atom stereocenters. The number of carbonyl (C=O) groups is 2. The highest BCUT2D eigenvalue weighted by Crippen LogP contribution is 2.36. The number of methoxy groups -OCH3 is 1. The first-order valence-electron chi connectivity index (χ1n) is 11.5. The minimum Gasteiger partial charge on any atom is -0.494 e. The molecule has 5 rings (SSSR count). The van der Waals surface area contributed by atoms with Crippen LogP contribution in [0.5, 0.6) is 5.75 Å². The molecule has 3 heterocycles. The van der Waals surface area contributed by atoms with Crippen molar-refractivity contribution >= 4 is 23.2 Å². The summed E-state index contributed by atoms with van der Waals surface area (Å²) in [6.07, 6.45) is 1.68. The van der Waals surface area contributed by atoms with Gasteiger partial charge < -0.3 is 25.4 Å². The minimum absolute atomic E-state index is 0.0499. The van der Waals surface area contributed by atoms with Gasteiger partial charge >= 0.3 is 0 Å². The van der Waals surface area contributed by atoms with Gasteiger partial charge in [0.05, 0.1) is 18.5 Å². The Hall–Kier alpha value is -3.92. The molecule has 10 heteroatoms. The van der Waals surface area contributed by atoms with E-state index in [1.165, 1.54) is 23.9 Å². The monoisotopic (exact) mass is 479 g/mol. The maximum atomic E-state index is 14.4. The topological polar surface area (TPSA) is 114 Å². The van der Waals surface area contributed by atoms with Crippen molar-refractivity contribution < 1.29 is 23.8 Å².